The van der Waals surface area contributed by atoms with Crippen molar-refractivity contribution in [1.82, 2.24) is 4.98 Å². The van der Waals surface area contributed by atoms with Gasteiger partial charge in [0.1, 0.15) is 12.4 Å². The van der Waals surface area contributed by atoms with Crippen LogP contribution in [0.2, 0.25) is 5.02 Å². The van der Waals surface area contributed by atoms with Crippen LogP contribution in [0.4, 0.5) is 13.9 Å². The summed E-state index contributed by atoms with van der Waals surface area (Å²) in [6.45, 7) is 0.0695. The molecule has 8 heteroatoms. The van der Waals surface area contributed by atoms with Crippen LogP contribution in [-0.2, 0) is 6.61 Å². The van der Waals surface area contributed by atoms with Gasteiger partial charge in [-0.05, 0) is 35.9 Å². The van der Waals surface area contributed by atoms with E-state index in [1.54, 1.807) is 24.4 Å². The molecule has 4 nitrogen and oxygen atoms in total. The third-order valence-electron chi connectivity index (χ3n) is 4.29. The monoisotopic (exact) mass is 455 g/mol. The quantitative estimate of drug-likeness (QED) is 0.247. The summed E-state index contributed by atoms with van der Waals surface area (Å²) in [5.74, 6) is -1.31. The Morgan fingerprint density at radius 3 is 2.68 bits per heavy atom. The number of hydrogen-bond donors (Lipinski definition) is 1. The van der Waals surface area contributed by atoms with Crippen LogP contribution >= 0.6 is 22.9 Å². The van der Waals surface area contributed by atoms with Crippen molar-refractivity contribution in [3.8, 4) is 17.0 Å². The normalized spacial score (nSPS) is 11.1. The topological polar surface area (TPSA) is 46.5 Å². The van der Waals surface area contributed by atoms with Crippen LogP contribution in [-0.4, -0.2) is 11.2 Å². The van der Waals surface area contributed by atoms with E-state index in [-0.39, 0.29) is 6.61 Å². The Bertz CT molecular complexity index is 1210. The van der Waals surface area contributed by atoms with Crippen LogP contribution in [0.3, 0.4) is 0 Å². The highest BCUT2D eigenvalue weighted by Crippen LogP contribution is 2.25. The lowest BCUT2D eigenvalue weighted by atomic mass is 10.2. The number of benzene rings is 3. The van der Waals surface area contributed by atoms with Crippen LogP contribution in [0.1, 0.15) is 11.1 Å². The molecule has 0 spiro atoms. The zero-order valence-corrected chi connectivity index (χ0v) is 17.6. The first-order valence-corrected chi connectivity index (χ1v) is 10.5. The number of hydrazone groups is 1. The van der Waals surface area contributed by atoms with Gasteiger partial charge in [0.15, 0.2) is 11.6 Å². The molecule has 0 unspecified atom stereocenters. The molecule has 0 saturated heterocycles. The second-order valence-electron chi connectivity index (χ2n) is 6.49. The molecule has 0 aliphatic heterocycles. The number of nitrogens with zero attached hydrogens (tertiary/aromatic N) is 2. The molecule has 3 aromatic carbocycles. The van der Waals surface area contributed by atoms with E-state index in [1.165, 1.54) is 17.4 Å². The van der Waals surface area contributed by atoms with Crippen LogP contribution in [0.15, 0.2) is 77.2 Å². The van der Waals surface area contributed by atoms with Crippen molar-refractivity contribution < 1.29 is 13.5 Å². The van der Waals surface area contributed by atoms with Crippen LogP contribution in [0.25, 0.3) is 11.3 Å². The summed E-state index contributed by atoms with van der Waals surface area (Å²) in [5, 5.41) is 7.33. The zero-order chi connectivity index (χ0) is 21.6. The zero-order valence-electron chi connectivity index (χ0n) is 16.1. The Balaban J connectivity index is 1.44. The Morgan fingerprint density at radius 1 is 1.03 bits per heavy atom. The second kappa shape index (κ2) is 9.68. The number of halogens is 3. The number of nitrogens with one attached hydrogen (secondary N) is 1. The standard InChI is InChI=1S/C23H16ClF2N3OS/c24-18-7-9-22(30-13-15-6-8-19(25)20(26)10-15)17(11-18)12-27-29-23-28-21(14-31-23)16-4-2-1-3-5-16/h1-12,14H,13H2,(H,28,29). The lowest BCUT2D eigenvalue weighted by Gasteiger charge is -2.10. The molecule has 0 saturated carbocycles. The van der Waals surface area contributed by atoms with Crippen molar-refractivity contribution in [1.29, 1.82) is 0 Å². The number of thiazole rings is 1. The van der Waals surface area contributed by atoms with Crippen molar-refractivity contribution in [2.24, 2.45) is 5.10 Å². The lowest BCUT2D eigenvalue weighted by molar-refractivity contribution is 0.304. The fraction of sp³-hybridized carbons (Fsp3) is 0.0435. The highest BCUT2D eigenvalue weighted by Gasteiger charge is 2.07. The molecule has 0 bridgehead atoms. The van der Waals surface area contributed by atoms with E-state index in [4.69, 9.17) is 16.3 Å². The summed E-state index contributed by atoms with van der Waals surface area (Å²) in [4.78, 5) is 4.51. The third-order valence-corrected chi connectivity index (χ3v) is 5.27. The van der Waals surface area contributed by atoms with Gasteiger partial charge in [0.2, 0.25) is 5.13 Å². The first-order chi connectivity index (χ1) is 15.1. The molecule has 1 heterocycles. The molecule has 1 N–H and O–H groups in total. The lowest BCUT2D eigenvalue weighted by Crippen LogP contribution is -2.00. The van der Waals surface area contributed by atoms with E-state index in [1.807, 2.05) is 35.7 Å². The van der Waals surface area contributed by atoms with Gasteiger partial charge in [-0.2, -0.15) is 5.10 Å². The molecule has 1 aromatic heterocycles. The van der Waals surface area contributed by atoms with E-state index in [0.29, 0.717) is 27.0 Å². The van der Waals surface area contributed by atoms with E-state index in [9.17, 15) is 8.78 Å². The van der Waals surface area contributed by atoms with Gasteiger partial charge in [-0.1, -0.05) is 48.0 Å². The van der Waals surface area contributed by atoms with Gasteiger partial charge in [-0.25, -0.2) is 13.8 Å². The summed E-state index contributed by atoms with van der Waals surface area (Å²) < 4.78 is 32.2. The Hall–Kier alpha value is -3.29. The summed E-state index contributed by atoms with van der Waals surface area (Å²) in [7, 11) is 0. The molecule has 4 rings (SSSR count). The Kier molecular flexibility index (Phi) is 6.54. The van der Waals surface area contributed by atoms with Crippen molar-refractivity contribution >= 4 is 34.3 Å². The molecule has 4 aromatic rings. The van der Waals surface area contributed by atoms with E-state index in [0.717, 1.165) is 23.4 Å². The Labute approximate surface area is 186 Å². The minimum Gasteiger partial charge on any atom is -0.488 e. The molecule has 0 aliphatic rings. The molecule has 0 radical (unpaired) electrons. The smallest absolute Gasteiger partial charge is 0.203 e. The maximum atomic E-state index is 13.4. The molecule has 156 valence electrons. The number of ether oxygens (including phenoxy) is 1. The van der Waals surface area contributed by atoms with Gasteiger partial charge in [0.05, 0.1) is 11.9 Å². The number of hydrogen-bond acceptors (Lipinski definition) is 5. The summed E-state index contributed by atoms with van der Waals surface area (Å²) in [5.41, 5.74) is 5.93. The maximum absolute atomic E-state index is 13.4. The van der Waals surface area contributed by atoms with Gasteiger partial charge in [-0.3, -0.25) is 5.43 Å². The number of anilines is 1. The molecule has 0 atom stereocenters. The minimum atomic E-state index is -0.915. The molecule has 31 heavy (non-hydrogen) atoms. The largest absolute Gasteiger partial charge is 0.488 e. The SMILES string of the molecule is Fc1ccc(COc2ccc(Cl)cc2C=NNc2nc(-c3ccccc3)cs2)cc1F. The first-order valence-electron chi connectivity index (χ1n) is 9.25. The van der Waals surface area contributed by atoms with Gasteiger partial charge >= 0.3 is 0 Å². The van der Waals surface area contributed by atoms with Gasteiger partial charge < -0.3 is 4.74 Å². The first kappa shape index (κ1) is 21.0. The molecular weight excluding hydrogens is 440 g/mol. The van der Waals surface area contributed by atoms with Crippen LogP contribution in [0, 0.1) is 11.6 Å². The van der Waals surface area contributed by atoms with Gasteiger partial charge in [-0.15, -0.1) is 11.3 Å². The number of aromatic nitrogens is 1. The highest BCUT2D eigenvalue weighted by molar-refractivity contribution is 7.14. The van der Waals surface area contributed by atoms with E-state index < -0.39 is 11.6 Å². The minimum absolute atomic E-state index is 0.0695. The van der Waals surface area contributed by atoms with Crippen molar-refractivity contribution in [3.05, 3.63) is 99.9 Å². The summed E-state index contributed by atoms with van der Waals surface area (Å²) >= 11 is 7.54. The second-order valence-corrected chi connectivity index (χ2v) is 7.79. The summed E-state index contributed by atoms with van der Waals surface area (Å²) in [6.07, 6.45) is 1.57. The predicted molar refractivity (Wildman–Crippen MR) is 121 cm³/mol. The maximum Gasteiger partial charge on any atom is 0.203 e. The highest BCUT2D eigenvalue weighted by atomic mass is 35.5. The van der Waals surface area contributed by atoms with Crippen LogP contribution < -0.4 is 10.2 Å². The fourth-order valence-corrected chi connectivity index (χ4v) is 3.61. The average molecular weight is 456 g/mol. The molecule has 0 amide bonds. The van der Waals surface area contributed by atoms with Crippen LogP contribution in [0.5, 0.6) is 5.75 Å². The molecule has 0 fully saturated rings. The van der Waals surface area contributed by atoms with E-state index in [2.05, 4.69) is 15.5 Å². The summed E-state index contributed by atoms with van der Waals surface area (Å²) in [6, 6.07) is 18.6. The molecular formula is C23H16ClF2N3OS. The Morgan fingerprint density at radius 2 is 1.87 bits per heavy atom. The van der Waals surface area contributed by atoms with E-state index >= 15 is 0 Å². The third kappa shape index (κ3) is 5.45. The fourth-order valence-electron chi connectivity index (χ4n) is 2.77. The van der Waals surface area contributed by atoms with Crippen molar-refractivity contribution in [3.63, 3.8) is 0 Å². The average Bonchev–Trinajstić information content (AvgIpc) is 3.25. The molecule has 0 aliphatic carbocycles. The van der Waals surface area contributed by atoms with Gasteiger partial charge in [0, 0.05) is 21.5 Å². The van der Waals surface area contributed by atoms with Gasteiger partial charge in [0.25, 0.3) is 0 Å². The van der Waals surface area contributed by atoms with Crippen molar-refractivity contribution in [2.75, 3.05) is 5.43 Å². The van der Waals surface area contributed by atoms with Crippen molar-refractivity contribution in [2.45, 2.75) is 6.61 Å². The predicted octanol–water partition coefficient (Wildman–Crippen LogP) is 6.77. The number of rotatable bonds is 7.